The number of fused-ring (bicyclic) bond motifs is 1. The van der Waals surface area contributed by atoms with E-state index in [0.29, 0.717) is 37.7 Å². The molecule has 8 nitrogen and oxygen atoms in total. The van der Waals surface area contributed by atoms with Gasteiger partial charge in [-0.25, -0.2) is 9.79 Å². The summed E-state index contributed by atoms with van der Waals surface area (Å²) >= 11 is 1.22. The number of phenolic OH excluding ortho intramolecular Hbond substituents is 1. The molecule has 2 aromatic carbocycles. The van der Waals surface area contributed by atoms with Gasteiger partial charge in [0.1, 0.15) is 5.75 Å². The van der Waals surface area contributed by atoms with E-state index in [1.54, 1.807) is 63.4 Å². The maximum atomic E-state index is 13.7. The van der Waals surface area contributed by atoms with Crippen LogP contribution in [-0.4, -0.2) is 35.5 Å². The Morgan fingerprint density at radius 1 is 1.22 bits per heavy atom. The summed E-state index contributed by atoms with van der Waals surface area (Å²) in [5.41, 5.74) is 1.79. The highest BCUT2D eigenvalue weighted by Crippen LogP contribution is 2.36. The van der Waals surface area contributed by atoms with Gasteiger partial charge in [0.2, 0.25) is 0 Å². The number of ether oxygens (including phenoxy) is 3. The van der Waals surface area contributed by atoms with E-state index >= 15 is 0 Å². The molecule has 9 heteroatoms. The smallest absolute Gasteiger partial charge is 0.338 e. The third kappa shape index (κ3) is 4.92. The van der Waals surface area contributed by atoms with E-state index in [0.717, 1.165) is 0 Å². The van der Waals surface area contributed by atoms with E-state index in [4.69, 9.17) is 14.2 Å². The molecule has 0 saturated heterocycles. The summed E-state index contributed by atoms with van der Waals surface area (Å²) in [5, 5.41) is 9.82. The van der Waals surface area contributed by atoms with E-state index in [9.17, 15) is 14.7 Å². The summed E-state index contributed by atoms with van der Waals surface area (Å²) in [6.07, 6.45) is 1.64. The molecule has 188 valence electrons. The summed E-state index contributed by atoms with van der Waals surface area (Å²) in [5.74, 6) is 0.616. The molecule has 1 atom stereocenters. The van der Waals surface area contributed by atoms with Crippen molar-refractivity contribution in [2.24, 2.45) is 4.99 Å². The van der Waals surface area contributed by atoms with Crippen molar-refractivity contribution in [3.63, 3.8) is 0 Å². The number of allylic oxidation sites excluding steroid dienone is 1. The Hall–Kier alpha value is -3.85. The fourth-order valence-electron chi connectivity index (χ4n) is 4.08. The second-order valence-electron chi connectivity index (χ2n) is 8.47. The number of hydrogen-bond acceptors (Lipinski definition) is 8. The molecule has 0 fully saturated rings. The fourth-order valence-corrected chi connectivity index (χ4v) is 5.13. The van der Waals surface area contributed by atoms with E-state index in [-0.39, 0.29) is 29.6 Å². The lowest BCUT2D eigenvalue weighted by atomic mass is 9.95. The minimum atomic E-state index is -0.770. The topological polar surface area (TPSA) is 99.4 Å². The molecule has 0 amide bonds. The zero-order valence-electron chi connectivity index (χ0n) is 20.8. The van der Waals surface area contributed by atoms with Crippen molar-refractivity contribution in [1.29, 1.82) is 0 Å². The summed E-state index contributed by atoms with van der Waals surface area (Å²) in [6, 6.07) is 11.2. The van der Waals surface area contributed by atoms with Gasteiger partial charge in [-0.15, -0.1) is 0 Å². The van der Waals surface area contributed by atoms with Gasteiger partial charge in [0.05, 0.1) is 41.7 Å². The zero-order chi connectivity index (χ0) is 26.0. The van der Waals surface area contributed by atoms with Crippen LogP contribution < -0.4 is 24.4 Å². The van der Waals surface area contributed by atoms with E-state index in [1.165, 1.54) is 15.9 Å². The lowest BCUT2D eigenvalue weighted by Crippen LogP contribution is -2.40. The van der Waals surface area contributed by atoms with Crippen LogP contribution in [0.5, 0.6) is 17.2 Å². The highest BCUT2D eigenvalue weighted by Gasteiger charge is 2.34. The number of benzene rings is 2. The van der Waals surface area contributed by atoms with Crippen molar-refractivity contribution >= 4 is 23.4 Å². The zero-order valence-corrected chi connectivity index (χ0v) is 21.6. The van der Waals surface area contributed by atoms with Crippen LogP contribution in [0.3, 0.4) is 0 Å². The van der Waals surface area contributed by atoms with Gasteiger partial charge in [0.25, 0.3) is 5.56 Å². The highest BCUT2D eigenvalue weighted by molar-refractivity contribution is 7.07. The largest absolute Gasteiger partial charge is 0.508 e. The summed E-state index contributed by atoms with van der Waals surface area (Å²) < 4.78 is 18.7. The van der Waals surface area contributed by atoms with Gasteiger partial charge in [0.15, 0.2) is 16.3 Å². The van der Waals surface area contributed by atoms with Gasteiger partial charge in [-0.2, -0.15) is 0 Å². The van der Waals surface area contributed by atoms with E-state index in [2.05, 4.69) is 4.99 Å². The standard InChI is InChI=1S/C27H28N2O6S/c1-6-34-26(32)23-16(4)28-27-29(25(31)22(36-27)13-17-8-7-9-19(30)12-17)24(23)18-10-11-20(35-15(2)3)21(14-18)33-5/h7-15,24,30H,6H2,1-5H3/b22-13-/t24-/m1/s1. The summed E-state index contributed by atoms with van der Waals surface area (Å²) in [7, 11) is 1.54. The van der Waals surface area contributed by atoms with Crippen LogP contribution in [0, 0.1) is 0 Å². The number of methoxy groups -OCH3 is 1. The molecular weight excluding hydrogens is 480 g/mol. The Morgan fingerprint density at radius 2 is 2.00 bits per heavy atom. The molecule has 2 heterocycles. The van der Waals surface area contributed by atoms with Crippen LogP contribution in [0.1, 0.15) is 44.9 Å². The number of esters is 1. The van der Waals surface area contributed by atoms with Crippen LogP contribution in [0.25, 0.3) is 6.08 Å². The summed E-state index contributed by atoms with van der Waals surface area (Å²) in [4.78, 5) is 31.8. The first-order valence-electron chi connectivity index (χ1n) is 11.6. The fraction of sp³-hybridized carbons (Fsp3) is 0.296. The second-order valence-corrected chi connectivity index (χ2v) is 9.48. The Kier molecular flexibility index (Phi) is 7.30. The highest BCUT2D eigenvalue weighted by atomic mass is 32.1. The van der Waals surface area contributed by atoms with Gasteiger partial charge < -0.3 is 19.3 Å². The average Bonchev–Trinajstić information content (AvgIpc) is 3.12. The minimum absolute atomic E-state index is 0.0583. The van der Waals surface area contributed by atoms with Crippen molar-refractivity contribution in [2.75, 3.05) is 13.7 Å². The summed E-state index contributed by atoms with van der Waals surface area (Å²) in [6.45, 7) is 7.49. The molecule has 1 aliphatic rings. The maximum absolute atomic E-state index is 13.7. The van der Waals surface area contributed by atoms with Crippen molar-refractivity contribution in [1.82, 2.24) is 4.57 Å². The third-order valence-electron chi connectivity index (χ3n) is 5.55. The number of thiazole rings is 1. The van der Waals surface area contributed by atoms with Gasteiger partial charge in [-0.05, 0) is 69.2 Å². The third-order valence-corrected chi connectivity index (χ3v) is 6.53. The number of aromatic nitrogens is 1. The minimum Gasteiger partial charge on any atom is -0.508 e. The molecule has 36 heavy (non-hydrogen) atoms. The first-order valence-corrected chi connectivity index (χ1v) is 12.4. The van der Waals surface area contributed by atoms with E-state index < -0.39 is 12.0 Å². The molecule has 0 spiro atoms. The number of hydrogen-bond donors (Lipinski definition) is 1. The number of aromatic hydroxyl groups is 1. The van der Waals surface area contributed by atoms with Gasteiger partial charge >= 0.3 is 5.97 Å². The quantitative estimate of drug-likeness (QED) is 0.492. The van der Waals surface area contributed by atoms with E-state index in [1.807, 2.05) is 19.9 Å². The maximum Gasteiger partial charge on any atom is 0.338 e. The van der Waals surface area contributed by atoms with Crippen LogP contribution in [-0.2, 0) is 9.53 Å². The Balaban J connectivity index is 1.95. The molecule has 1 aromatic heterocycles. The van der Waals surface area contributed by atoms with Crippen LogP contribution >= 0.6 is 11.3 Å². The van der Waals surface area contributed by atoms with Gasteiger partial charge in [-0.1, -0.05) is 29.5 Å². The molecule has 0 saturated carbocycles. The number of phenols is 1. The number of rotatable bonds is 7. The molecule has 0 radical (unpaired) electrons. The molecule has 1 aliphatic heterocycles. The Bertz CT molecular complexity index is 1520. The van der Waals surface area contributed by atoms with Crippen LogP contribution in [0.15, 0.2) is 63.5 Å². The van der Waals surface area contributed by atoms with Crippen molar-refractivity contribution in [3.05, 3.63) is 84.5 Å². The lowest BCUT2D eigenvalue weighted by Gasteiger charge is -2.25. The Morgan fingerprint density at radius 3 is 2.67 bits per heavy atom. The van der Waals surface area contributed by atoms with Crippen molar-refractivity contribution < 1.29 is 24.1 Å². The van der Waals surface area contributed by atoms with Gasteiger partial charge in [-0.3, -0.25) is 9.36 Å². The van der Waals surface area contributed by atoms with Crippen LogP contribution in [0.4, 0.5) is 0 Å². The van der Waals surface area contributed by atoms with Crippen molar-refractivity contribution in [2.45, 2.75) is 39.8 Å². The number of carbonyl (C=O) groups is 1. The molecule has 1 N–H and O–H groups in total. The molecular formula is C27H28N2O6S. The molecule has 0 aliphatic carbocycles. The molecule has 0 unspecified atom stereocenters. The lowest BCUT2D eigenvalue weighted by molar-refractivity contribution is -0.139. The SMILES string of the molecule is CCOC(=O)C1=C(C)N=c2s/c(=C\c3cccc(O)c3)c(=O)n2[C@@H]1c1ccc(OC(C)C)c(OC)c1. The first-order chi connectivity index (χ1) is 17.2. The average molecular weight is 509 g/mol. The van der Waals surface area contributed by atoms with Gasteiger partial charge in [0, 0.05) is 0 Å². The number of nitrogens with zero attached hydrogens (tertiary/aromatic N) is 2. The predicted molar refractivity (Wildman–Crippen MR) is 137 cm³/mol. The van der Waals surface area contributed by atoms with Crippen molar-refractivity contribution in [3.8, 4) is 17.2 Å². The van der Waals surface area contributed by atoms with Crippen LogP contribution in [0.2, 0.25) is 0 Å². The predicted octanol–water partition coefficient (Wildman–Crippen LogP) is 3.30. The molecule has 4 rings (SSSR count). The normalized spacial score (nSPS) is 15.5. The molecule has 3 aromatic rings. The Labute approximate surface area is 212 Å². The first kappa shape index (κ1) is 25.2. The number of carbonyl (C=O) groups excluding carboxylic acids is 1. The monoisotopic (exact) mass is 508 g/mol. The molecule has 0 bridgehead atoms. The second kappa shape index (κ2) is 10.4.